The molecule has 0 saturated heterocycles. The van der Waals surface area contributed by atoms with Crippen molar-refractivity contribution in [2.45, 2.75) is 0 Å². The van der Waals surface area contributed by atoms with Crippen LogP contribution in [-0.2, 0) is 0 Å². The molecule has 6 heteroatoms. The molecule has 0 bridgehead atoms. The van der Waals surface area contributed by atoms with Crippen LogP contribution in [0.4, 0.5) is 5.69 Å². The Morgan fingerprint density at radius 3 is 2.37 bits per heavy atom. The van der Waals surface area contributed by atoms with Crippen molar-refractivity contribution < 1.29 is 0 Å². The molecular weight excluding hydrogens is 307 g/mol. The maximum Gasteiger partial charge on any atom is 0.256 e. The van der Waals surface area contributed by atoms with Crippen molar-refractivity contribution in [3.8, 4) is 0 Å². The van der Waals surface area contributed by atoms with Crippen LogP contribution in [-0.4, -0.2) is 4.98 Å². The molecule has 0 amide bonds. The quantitative estimate of drug-likeness (QED) is 0.482. The Kier molecular flexibility index (Phi) is 2.86. The molecule has 0 radical (unpaired) electrons. The number of H-pyrrole nitrogens is 1. The standard InChI is InChI=1S/C13H7Cl3N2O/c14-5-1-7-11(8(16)2-5)12-9(17)3-6(15)4-10(12)18-13(7)19/h1-4H,17H2,(H,18,19). The number of hydrogen-bond donors (Lipinski definition) is 2. The lowest BCUT2D eigenvalue weighted by molar-refractivity contribution is 1.34. The van der Waals surface area contributed by atoms with Crippen molar-refractivity contribution in [2.24, 2.45) is 0 Å². The lowest BCUT2D eigenvalue weighted by atomic mass is 10.1. The van der Waals surface area contributed by atoms with Gasteiger partial charge in [0.2, 0.25) is 0 Å². The Bertz CT molecular complexity index is 887. The van der Waals surface area contributed by atoms with Gasteiger partial charge in [-0.15, -0.1) is 0 Å². The van der Waals surface area contributed by atoms with Crippen LogP contribution in [0.5, 0.6) is 0 Å². The summed E-state index contributed by atoms with van der Waals surface area (Å²) in [5, 5.41) is 2.88. The number of anilines is 1. The van der Waals surface area contributed by atoms with Crippen LogP contribution in [0, 0.1) is 0 Å². The first kappa shape index (κ1) is 12.6. The predicted octanol–water partition coefficient (Wildman–Crippen LogP) is 4.22. The summed E-state index contributed by atoms with van der Waals surface area (Å²) in [6, 6.07) is 6.40. The number of hydrogen-bond acceptors (Lipinski definition) is 2. The van der Waals surface area contributed by atoms with Gasteiger partial charge in [0.1, 0.15) is 0 Å². The lowest BCUT2D eigenvalue weighted by Crippen LogP contribution is -2.07. The fourth-order valence-electron chi connectivity index (χ4n) is 2.20. The van der Waals surface area contributed by atoms with E-state index < -0.39 is 0 Å². The van der Waals surface area contributed by atoms with E-state index in [-0.39, 0.29) is 5.56 Å². The van der Waals surface area contributed by atoms with Gasteiger partial charge in [-0.3, -0.25) is 4.79 Å². The van der Waals surface area contributed by atoms with Crippen molar-refractivity contribution in [3.63, 3.8) is 0 Å². The molecule has 0 atom stereocenters. The highest BCUT2D eigenvalue weighted by atomic mass is 35.5. The van der Waals surface area contributed by atoms with Crippen LogP contribution in [0.1, 0.15) is 0 Å². The zero-order chi connectivity index (χ0) is 13.7. The van der Waals surface area contributed by atoms with Gasteiger partial charge in [-0.1, -0.05) is 34.8 Å². The van der Waals surface area contributed by atoms with Gasteiger partial charge in [0.15, 0.2) is 0 Å². The third-order valence-corrected chi connectivity index (χ3v) is 3.67. The molecule has 3 rings (SSSR count). The van der Waals surface area contributed by atoms with Gasteiger partial charge < -0.3 is 10.7 Å². The van der Waals surface area contributed by atoms with Gasteiger partial charge in [-0.05, 0) is 24.3 Å². The molecule has 3 nitrogen and oxygen atoms in total. The minimum Gasteiger partial charge on any atom is -0.398 e. The number of benzene rings is 2. The molecule has 3 aromatic rings. The number of aromatic nitrogens is 1. The average Bonchev–Trinajstić information content (AvgIpc) is 2.29. The molecule has 0 fully saturated rings. The summed E-state index contributed by atoms with van der Waals surface area (Å²) in [7, 11) is 0. The summed E-state index contributed by atoms with van der Waals surface area (Å²) in [6.07, 6.45) is 0. The Morgan fingerprint density at radius 1 is 0.947 bits per heavy atom. The minimum absolute atomic E-state index is 0.284. The second-order valence-electron chi connectivity index (χ2n) is 4.18. The normalized spacial score (nSPS) is 11.3. The van der Waals surface area contributed by atoms with E-state index in [0.717, 1.165) is 0 Å². The Morgan fingerprint density at radius 2 is 1.63 bits per heavy atom. The molecule has 0 aliphatic carbocycles. The van der Waals surface area contributed by atoms with E-state index in [0.29, 0.717) is 42.4 Å². The zero-order valence-electron chi connectivity index (χ0n) is 9.43. The molecule has 0 aliphatic rings. The van der Waals surface area contributed by atoms with Crippen molar-refractivity contribution in [3.05, 3.63) is 49.7 Å². The number of nitrogen functional groups attached to an aromatic ring is 1. The van der Waals surface area contributed by atoms with Crippen LogP contribution in [0.2, 0.25) is 15.1 Å². The molecule has 0 saturated carbocycles. The average molecular weight is 314 g/mol. The first-order valence-electron chi connectivity index (χ1n) is 5.37. The highest BCUT2D eigenvalue weighted by Gasteiger charge is 2.13. The number of rotatable bonds is 0. The van der Waals surface area contributed by atoms with Crippen molar-refractivity contribution in [2.75, 3.05) is 5.73 Å². The number of nitrogens with one attached hydrogen (secondary N) is 1. The van der Waals surface area contributed by atoms with Gasteiger partial charge in [-0.25, -0.2) is 0 Å². The highest BCUT2D eigenvalue weighted by Crippen LogP contribution is 2.35. The second-order valence-corrected chi connectivity index (χ2v) is 5.46. The fourth-order valence-corrected chi connectivity index (χ4v) is 3.02. The van der Waals surface area contributed by atoms with E-state index >= 15 is 0 Å². The summed E-state index contributed by atoms with van der Waals surface area (Å²) in [4.78, 5) is 14.8. The van der Waals surface area contributed by atoms with E-state index in [2.05, 4.69) is 4.98 Å². The summed E-state index contributed by atoms with van der Waals surface area (Å²) in [5.74, 6) is 0. The third kappa shape index (κ3) is 1.94. The number of halogens is 3. The molecule has 2 aromatic carbocycles. The van der Waals surface area contributed by atoms with Gasteiger partial charge in [0.25, 0.3) is 5.56 Å². The molecule has 0 unspecified atom stereocenters. The van der Waals surface area contributed by atoms with E-state index in [4.69, 9.17) is 40.5 Å². The number of nitrogens with two attached hydrogens (primary N) is 1. The summed E-state index contributed by atoms with van der Waals surface area (Å²) < 4.78 is 0. The Balaban J connectivity index is 2.70. The maximum absolute atomic E-state index is 12.1. The SMILES string of the molecule is Nc1cc(Cl)cc2[nH]c(=O)c3cc(Cl)cc(Cl)c3c12. The topological polar surface area (TPSA) is 58.9 Å². The van der Waals surface area contributed by atoms with Crippen molar-refractivity contribution in [1.29, 1.82) is 0 Å². The molecule has 96 valence electrons. The smallest absolute Gasteiger partial charge is 0.256 e. The van der Waals surface area contributed by atoms with Crippen LogP contribution in [0.15, 0.2) is 29.1 Å². The van der Waals surface area contributed by atoms with E-state index in [1.807, 2.05) is 0 Å². The molecule has 1 heterocycles. The van der Waals surface area contributed by atoms with E-state index in [1.54, 1.807) is 24.3 Å². The van der Waals surface area contributed by atoms with Crippen LogP contribution >= 0.6 is 34.8 Å². The summed E-state index contributed by atoms with van der Waals surface area (Å²) in [5.41, 5.74) is 6.70. The monoisotopic (exact) mass is 312 g/mol. The Labute approximate surface area is 122 Å². The van der Waals surface area contributed by atoms with Crippen LogP contribution in [0.25, 0.3) is 21.7 Å². The van der Waals surface area contributed by atoms with Crippen molar-refractivity contribution >= 4 is 62.2 Å². The fraction of sp³-hybridized carbons (Fsp3) is 0. The van der Waals surface area contributed by atoms with Gasteiger partial charge >= 0.3 is 0 Å². The number of pyridine rings is 1. The molecule has 0 spiro atoms. The molecule has 1 aromatic heterocycles. The summed E-state index contributed by atoms with van der Waals surface area (Å²) >= 11 is 18.1. The van der Waals surface area contributed by atoms with Crippen molar-refractivity contribution in [1.82, 2.24) is 4.98 Å². The maximum atomic E-state index is 12.1. The predicted molar refractivity (Wildman–Crippen MR) is 81.5 cm³/mol. The molecule has 3 N–H and O–H groups in total. The third-order valence-electron chi connectivity index (χ3n) is 2.93. The second kappa shape index (κ2) is 4.30. The first-order valence-corrected chi connectivity index (χ1v) is 6.50. The van der Waals surface area contributed by atoms with E-state index in [1.165, 1.54) is 0 Å². The molecule has 19 heavy (non-hydrogen) atoms. The first-order chi connectivity index (χ1) is 8.97. The molecular formula is C13H7Cl3N2O. The van der Waals surface area contributed by atoms with Gasteiger partial charge in [0.05, 0.1) is 15.9 Å². The van der Waals surface area contributed by atoms with Gasteiger partial charge in [0, 0.05) is 26.5 Å². The van der Waals surface area contributed by atoms with E-state index in [9.17, 15) is 4.79 Å². The van der Waals surface area contributed by atoms with Crippen LogP contribution in [0.3, 0.4) is 0 Å². The van der Waals surface area contributed by atoms with Gasteiger partial charge in [-0.2, -0.15) is 0 Å². The number of aromatic amines is 1. The molecule has 0 aliphatic heterocycles. The highest BCUT2D eigenvalue weighted by molar-refractivity contribution is 6.41. The largest absolute Gasteiger partial charge is 0.398 e. The number of fused-ring (bicyclic) bond motifs is 3. The lowest BCUT2D eigenvalue weighted by Gasteiger charge is -2.09. The van der Waals surface area contributed by atoms with Crippen LogP contribution < -0.4 is 11.3 Å². The Hall–Kier alpha value is -1.42. The summed E-state index contributed by atoms with van der Waals surface area (Å²) in [6.45, 7) is 0. The minimum atomic E-state index is -0.284. The zero-order valence-corrected chi connectivity index (χ0v) is 11.7.